The largest absolute Gasteiger partial charge is 0.480 e. The second kappa shape index (κ2) is 5.69. The molecule has 2 N–H and O–H groups in total. The average Bonchev–Trinajstić information content (AvgIpc) is 2.28. The lowest BCUT2D eigenvalue weighted by Gasteiger charge is -2.35. The number of aliphatic carboxylic acids is 1. The van der Waals surface area contributed by atoms with Crippen LogP contribution in [0.2, 0.25) is 0 Å². The van der Waals surface area contributed by atoms with E-state index in [1.54, 1.807) is 4.90 Å². The van der Waals surface area contributed by atoms with Gasteiger partial charge in [-0.3, -0.25) is 4.79 Å². The maximum atomic E-state index is 11.8. The molecule has 6 nitrogen and oxygen atoms in total. The molecule has 0 radical (unpaired) electrons. The third-order valence-corrected chi connectivity index (χ3v) is 2.67. The molecule has 0 saturated carbocycles. The maximum absolute atomic E-state index is 11.8. The molecule has 0 bridgehead atoms. The second-order valence-electron chi connectivity index (χ2n) is 3.84. The van der Waals surface area contributed by atoms with Gasteiger partial charge in [0, 0.05) is 6.54 Å². The number of nitrogens with zero attached hydrogens (tertiary/aromatic N) is 1. The number of rotatable bonds is 3. The summed E-state index contributed by atoms with van der Waals surface area (Å²) in [7, 11) is 0. The van der Waals surface area contributed by atoms with Gasteiger partial charge in [-0.1, -0.05) is 6.92 Å². The van der Waals surface area contributed by atoms with Crippen LogP contribution in [0, 0.1) is 0 Å². The molecule has 92 valence electrons. The lowest BCUT2D eigenvalue weighted by molar-refractivity contribution is -0.138. The summed E-state index contributed by atoms with van der Waals surface area (Å²) in [5, 5.41) is 11.1. The quantitative estimate of drug-likeness (QED) is 0.730. The summed E-state index contributed by atoms with van der Waals surface area (Å²) in [6.45, 7) is 4.95. The zero-order chi connectivity index (χ0) is 12.1. The van der Waals surface area contributed by atoms with Crippen LogP contribution in [0.15, 0.2) is 0 Å². The third kappa shape index (κ3) is 3.10. The molecule has 2 atom stereocenters. The van der Waals surface area contributed by atoms with Crippen molar-refractivity contribution in [1.82, 2.24) is 10.2 Å². The van der Waals surface area contributed by atoms with E-state index in [4.69, 9.17) is 9.84 Å². The predicted octanol–water partition coefficient (Wildman–Crippen LogP) is 0.280. The zero-order valence-electron chi connectivity index (χ0n) is 9.60. The number of morpholine rings is 1. The molecule has 1 aliphatic rings. The van der Waals surface area contributed by atoms with Gasteiger partial charge in [0.15, 0.2) is 0 Å². The number of carbonyl (C=O) groups is 2. The normalized spacial score (nSPS) is 22.6. The summed E-state index contributed by atoms with van der Waals surface area (Å²) >= 11 is 0. The van der Waals surface area contributed by atoms with Crippen LogP contribution in [0.1, 0.15) is 20.3 Å². The standard InChI is InChI=1S/C10H18N2O4/c1-3-8-6-16-5-4-12(8)10(15)11-7(2)9(13)14/h7-8H,3-6H2,1-2H3,(H,11,15)(H,13,14)/t7-,8?/m1/s1. The molecule has 0 aromatic carbocycles. The van der Waals surface area contributed by atoms with Crippen molar-refractivity contribution < 1.29 is 19.4 Å². The molecule has 6 heteroatoms. The van der Waals surface area contributed by atoms with Crippen molar-refractivity contribution in [2.24, 2.45) is 0 Å². The molecule has 1 fully saturated rings. The van der Waals surface area contributed by atoms with E-state index < -0.39 is 12.0 Å². The van der Waals surface area contributed by atoms with Gasteiger partial charge in [-0.15, -0.1) is 0 Å². The Morgan fingerprint density at radius 2 is 2.31 bits per heavy atom. The first-order valence-electron chi connectivity index (χ1n) is 5.44. The van der Waals surface area contributed by atoms with Gasteiger partial charge in [-0.05, 0) is 13.3 Å². The molecule has 0 spiro atoms. The first kappa shape index (κ1) is 12.8. The Hall–Kier alpha value is -1.30. The van der Waals surface area contributed by atoms with E-state index in [1.807, 2.05) is 6.92 Å². The SMILES string of the molecule is CCC1COCCN1C(=O)N[C@H](C)C(=O)O. The summed E-state index contributed by atoms with van der Waals surface area (Å²) in [6.07, 6.45) is 0.800. The second-order valence-corrected chi connectivity index (χ2v) is 3.84. The molecule has 0 aromatic rings. The fourth-order valence-electron chi connectivity index (χ4n) is 1.59. The minimum absolute atomic E-state index is 0.0368. The summed E-state index contributed by atoms with van der Waals surface area (Å²) in [5.41, 5.74) is 0. The van der Waals surface area contributed by atoms with Gasteiger partial charge in [-0.2, -0.15) is 0 Å². The molecule has 1 unspecified atom stereocenters. The highest BCUT2D eigenvalue weighted by Crippen LogP contribution is 2.10. The zero-order valence-corrected chi connectivity index (χ0v) is 9.60. The first-order valence-corrected chi connectivity index (χ1v) is 5.44. The molecule has 1 heterocycles. The van der Waals surface area contributed by atoms with Crippen LogP contribution in [-0.2, 0) is 9.53 Å². The van der Waals surface area contributed by atoms with Crippen LogP contribution >= 0.6 is 0 Å². The Labute approximate surface area is 94.6 Å². The van der Waals surface area contributed by atoms with Crippen molar-refractivity contribution in [2.75, 3.05) is 19.8 Å². The molecule has 1 rings (SSSR count). The molecular formula is C10H18N2O4. The highest BCUT2D eigenvalue weighted by Gasteiger charge is 2.27. The average molecular weight is 230 g/mol. The van der Waals surface area contributed by atoms with E-state index in [9.17, 15) is 9.59 Å². The molecule has 0 aromatic heterocycles. The van der Waals surface area contributed by atoms with Crippen molar-refractivity contribution in [3.63, 3.8) is 0 Å². The van der Waals surface area contributed by atoms with Gasteiger partial charge < -0.3 is 20.1 Å². The highest BCUT2D eigenvalue weighted by molar-refractivity contribution is 5.82. The van der Waals surface area contributed by atoms with Crippen LogP contribution in [0.4, 0.5) is 4.79 Å². The maximum Gasteiger partial charge on any atom is 0.325 e. The molecule has 16 heavy (non-hydrogen) atoms. The minimum Gasteiger partial charge on any atom is -0.480 e. The minimum atomic E-state index is -1.03. The lowest BCUT2D eigenvalue weighted by atomic mass is 10.2. The van der Waals surface area contributed by atoms with Gasteiger partial charge in [0.05, 0.1) is 19.3 Å². The Balaban J connectivity index is 2.54. The third-order valence-electron chi connectivity index (χ3n) is 2.67. The van der Waals surface area contributed by atoms with E-state index in [1.165, 1.54) is 6.92 Å². The molecule has 2 amide bonds. The number of nitrogens with one attached hydrogen (secondary N) is 1. The fraction of sp³-hybridized carbons (Fsp3) is 0.800. The van der Waals surface area contributed by atoms with Crippen LogP contribution in [0.3, 0.4) is 0 Å². The van der Waals surface area contributed by atoms with Gasteiger partial charge >= 0.3 is 12.0 Å². The number of amides is 2. The first-order chi connectivity index (χ1) is 7.56. The smallest absolute Gasteiger partial charge is 0.325 e. The van der Waals surface area contributed by atoms with E-state index in [2.05, 4.69) is 5.32 Å². The molecule has 0 aliphatic carbocycles. The van der Waals surface area contributed by atoms with E-state index in [-0.39, 0.29) is 12.1 Å². The van der Waals surface area contributed by atoms with Crippen molar-refractivity contribution in [3.05, 3.63) is 0 Å². The Morgan fingerprint density at radius 1 is 1.62 bits per heavy atom. The summed E-state index contributed by atoms with van der Waals surface area (Å²) in [6, 6.07) is -1.16. The van der Waals surface area contributed by atoms with Crippen molar-refractivity contribution >= 4 is 12.0 Å². The van der Waals surface area contributed by atoms with Gasteiger partial charge in [0.25, 0.3) is 0 Å². The van der Waals surface area contributed by atoms with Gasteiger partial charge in [0.1, 0.15) is 6.04 Å². The van der Waals surface area contributed by atoms with Crippen molar-refractivity contribution in [3.8, 4) is 0 Å². The number of carboxylic acid groups (broad SMARTS) is 1. The van der Waals surface area contributed by atoms with E-state index in [0.717, 1.165) is 6.42 Å². The predicted molar refractivity (Wildman–Crippen MR) is 57.2 cm³/mol. The number of hydrogen-bond donors (Lipinski definition) is 2. The van der Waals surface area contributed by atoms with Crippen LogP contribution < -0.4 is 5.32 Å². The number of carbonyl (C=O) groups excluding carboxylic acids is 1. The number of ether oxygens (including phenoxy) is 1. The molecule has 1 aliphatic heterocycles. The summed E-state index contributed by atoms with van der Waals surface area (Å²) in [4.78, 5) is 24.0. The van der Waals surface area contributed by atoms with Crippen molar-refractivity contribution in [1.29, 1.82) is 0 Å². The number of hydrogen-bond acceptors (Lipinski definition) is 3. The molecular weight excluding hydrogens is 212 g/mol. The van der Waals surface area contributed by atoms with Gasteiger partial charge in [-0.25, -0.2) is 4.79 Å². The topological polar surface area (TPSA) is 78.9 Å². The summed E-state index contributed by atoms with van der Waals surface area (Å²) < 4.78 is 5.27. The lowest BCUT2D eigenvalue weighted by Crippen LogP contribution is -2.54. The van der Waals surface area contributed by atoms with E-state index in [0.29, 0.717) is 19.8 Å². The summed E-state index contributed by atoms with van der Waals surface area (Å²) in [5.74, 6) is -1.03. The number of carboxylic acids is 1. The Morgan fingerprint density at radius 3 is 2.88 bits per heavy atom. The van der Waals surface area contributed by atoms with Crippen LogP contribution in [-0.4, -0.2) is 53.8 Å². The van der Waals surface area contributed by atoms with Crippen LogP contribution in [0.25, 0.3) is 0 Å². The Kier molecular flexibility index (Phi) is 4.54. The van der Waals surface area contributed by atoms with Gasteiger partial charge in [0.2, 0.25) is 0 Å². The monoisotopic (exact) mass is 230 g/mol. The highest BCUT2D eigenvalue weighted by atomic mass is 16.5. The van der Waals surface area contributed by atoms with Crippen LogP contribution in [0.5, 0.6) is 0 Å². The molecule has 1 saturated heterocycles. The number of urea groups is 1. The fourth-order valence-corrected chi connectivity index (χ4v) is 1.59. The Bertz CT molecular complexity index is 270. The van der Waals surface area contributed by atoms with Crippen molar-refractivity contribution in [2.45, 2.75) is 32.4 Å². The van der Waals surface area contributed by atoms with E-state index >= 15 is 0 Å².